The smallest absolute Gasteiger partial charge is 0.226 e. The highest BCUT2D eigenvalue weighted by Crippen LogP contribution is 2.22. The summed E-state index contributed by atoms with van der Waals surface area (Å²) in [6.07, 6.45) is 0.278. The molecule has 0 spiro atoms. The fourth-order valence-corrected chi connectivity index (χ4v) is 3.31. The van der Waals surface area contributed by atoms with Crippen LogP contribution in [0.5, 0.6) is 0 Å². The average molecular weight is 440 g/mol. The van der Waals surface area contributed by atoms with Crippen LogP contribution in [0.25, 0.3) is 0 Å². The van der Waals surface area contributed by atoms with Crippen molar-refractivity contribution in [3.8, 4) is 0 Å². The van der Waals surface area contributed by atoms with Gasteiger partial charge in [-0.15, -0.1) is 0 Å². The highest BCUT2D eigenvalue weighted by Gasteiger charge is 2.25. The standard InChI is InChI=1S/C21H34ClN5O3/c1-4-23-20(25-14-21(3,29)15-27-10-12-30-13-11-27)24-9-8-19(28)26-18-7-5-6-17(22)16(18)2/h5-7,29H,4,8-15H2,1-3H3,(H,26,28)(H2,23,24,25). The van der Waals surface area contributed by atoms with E-state index in [4.69, 9.17) is 16.3 Å². The summed E-state index contributed by atoms with van der Waals surface area (Å²) in [5, 5.41) is 20.5. The molecule has 0 radical (unpaired) electrons. The number of aliphatic imine (C=N–C) groups is 1. The molecule has 9 heteroatoms. The largest absolute Gasteiger partial charge is 0.387 e. The first-order chi connectivity index (χ1) is 14.3. The first kappa shape index (κ1) is 24.4. The maximum Gasteiger partial charge on any atom is 0.226 e. The van der Waals surface area contributed by atoms with Gasteiger partial charge < -0.3 is 25.8 Å². The summed E-state index contributed by atoms with van der Waals surface area (Å²) in [5.41, 5.74) is 0.617. The molecule has 4 N–H and O–H groups in total. The molecule has 1 amide bonds. The Balaban J connectivity index is 1.81. The molecule has 0 saturated carbocycles. The van der Waals surface area contributed by atoms with E-state index in [0.717, 1.165) is 18.7 Å². The van der Waals surface area contributed by atoms with Gasteiger partial charge in [0.2, 0.25) is 5.91 Å². The predicted molar refractivity (Wildman–Crippen MR) is 121 cm³/mol. The summed E-state index contributed by atoms with van der Waals surface area (Å²) in [4.78, 5) is 18.9. The Labute approximate surface area is 184 Å². The first-order valence-electron chi connectivity index (χ1n) is 10.4. The fraction of sp³-hybridized carbons (Fsp3) is 0.619. The number of hydrogen-bond acceptors (Lipinski definition) is 5. The lowest BCUT2D eigenvalue weighted by atomic mass is 10.1. The van der Waals surface area contributed by atoms with Gasteiger partial charge in [0.1, 0.15) is 0 Å². The van der Waals surface area contributed by atoms with Crippen molar-refractivity contribution in [2.45, 2.75) is 32.8 Å². The van der Waals surface area contributed by atoms with Crippen molar-refractivity contribution < 1.29 is 14.6 Å². The molecule has 0 aliphatic carbocycles. The van der Waals surface area contributed by atoms with Gasteiger partial charge in [0.25, 0.3) is 0 Å². The SMILES string of the molecule is CCNC(=NCC(C)(O)CN1CCOCC1)NCCC(=O)Nc1cccc(Cl)c1C. The topological polar surface area (TPSA) is 98.2 Å². The van der Waals surface area contributed by atoms with Crippen molar-refractivity contribution in [2.24, 2.45) is 4.99 Å². The first-order valence-corrected chi connectivity index (χ1v) is 10.8. The normalized spacial score (nSPS) is 17.3. The molecule has 1 aliphatic rings. The highest BCUT2D eigenvalue weighted by molar-refractivity contribution is 6.31. The van der Waals surface area contributed by atoms with Crippen LogP contribution in [0.4, 0.5) is 5.69 Å². The van der Waals surface area contributed by atoms with Crippen molar-refractivity contribution in [2.75, 3.05) is 57.8 Å². The van der Waals surface area contributed by atoms with Crippen LogP contribution in [0.3, 0.4) is 0 Å². The zero-order valence-corrected chi connectivity index (χ0v) is 18.9. The van der Waals surface area contributed by atoms with Crippen molar-refractivity contribution in [1.29, 1.82) is 0 Å². The maximum atomic E-state index is 12.2. The van der Waals surface area contributed by atoms with E-state index in [0.29, 0.717) is 49.5 Å². The molecule has 8 nitrogen and oxygen atoms in total. The fourth-order valence-electron chi connectivity index (χ4n) is 3.13. The number of morpholine rings is 1. The molecule has 168 valence electrons. The second-order valence-electron chi connectivity index (χ2n) is 7.72. The van der Waals surface area contributed by atoms with E-state index in [1.807, 2.05) is 26.0 Å². The summed E-state index contributed by atoms with van der Waals surface area (Å²) in [6.45, 7) is 10.6. The molecule has 1 aromatic carbocycles. The average Bonchev–Trinajstić information content (AvgIpc) is 2.70. The molecule has 1 fully saturated rings. The summed E-state index contributed by atoms with van der Waals surface area (Å²) < 4.78 is 5.35. The lowest BCUT2D eigenvalue weighted by Crippen LogP contribution is -2.48. The van der Waals surface area contributed by atoms with Gasteiger partial charge in [0.05, 0.1) is 25.4 Å². The Morgan fingerprint density at radius 3 is 2.77 bits per heavy atom. The van der Waals surface area contributed by atoms with Crippen molar-refractivity contribution in [3.63, 3.8) is 0 Å². The van der Waals surface area contributed by atoms with Crippen LogP contribution < -0.4 is 16.0 Å². The number of benzene rings is 1. The van der Waals surface area contributed by atoms with E-state index in [2.05, 4.69) is 25.8 Å². The minimum absolute atomic E-state index is 0.108. The number of carbonyl (C=O) groups is 1. The Morgan fingerprint density at radius 2 is 2.07 bits per heavy atom. The molecule has 2 rings (SSSR count). The summed E-state index contributed by atoms with van der Waals surface area (Å²) in [5.74, 6) is 0.467. The van der Waals surface area contributed by atoms with E-state index in [9.17, 15) is 9.90 Å². The maximum absolute atomic E-state index is 12.2. The minimum Gasteiger partial charge on any atom is -0.387 e. The zero-order valence-electron chi connectivity index (χ0n) is 18.1. The molecule has 1 atom stereocenters. The summed E-state index contributed by atoms with van der Waals surface area (Å²) >= 11 is 6.09. The van der Waals surface area contributed by atoms with Crippen LogP contribution in [-0.4, -0.2) is 80.0 Å². The molecular weight excluding hydrogens is 406 g/mol. The molecular formula is C21H34ClN5O3. The monoisotopic (exact) mass is 439 g/mol. The summed E-state index contributed by atoms with van der Waals surface area (Å²) in [7, 11) is 0. The Kier molecular flexibility index (Phi) is 9.84. The number of ether oxygens (including phenoxy) is 1. The van der Waals surface area contributed by atoms with Gasteiger partial charge in [0, 0.05) is 49.9 Å². The van der Waals surface area contributed by atoms with Crippen molar-refractivity contribution in [1.82, 2.24) is 15.5 Å². The van der Waals surface area contributed by atoms with Gasteiger partial charge in [-0.05, 0) is 38.5 Å². The van der Waals surface area contributed by atoms with Crippen LogP contribution in [0.15, 0.2) is 23.2 Å². The van der Waals surface area contributed by atoms with Gasteiger partial charge in [0.15, 0.2) is 5.96 Å². The van der Waals surface area contributed by atoms with Crippen molar-refractivity contribution in [3.05, 3.63) is 28.8 Å². The third-order valence-corrected chi connectivity index (χ3v) is 5.19. The third-order valence-electron chi connectivity index (χ3n) is 4.78. The Bertz CT molecular complexity index is 721. The molecule has 30 heavy (non-hydrogen) atoms. The molecule has 1 heterocycles. The molecule has 1 unspecified atom stereocenters. The molecule has 1 saturated heterocycles. The van der Waals surface area contributed by atoms with Crippen LogP contribution >= 0.6 is 11.6 Å². The second-order valence-corrected chi connectivity index (χ2v) is 8.13. The van der Waals surface area contributed by atoms with Crippen LogP contribution in [0.2, 0.25) is 5.02 Å². The molecule has 0 bridgehead atoms. The van der Waals surface area contributed by atoms with Gasteiger partial charge in [-0.1, -0.05) is 17.7 Å². The molecule has 1 aliphatic heterocycles. The van der Waals surface area contributed by atoms with Gasteiger partial charge >= 0.3 is 0 Å². The van der Waals surface area contributed by atoms with E-state index in [1.165, 1.54) is 0 Å². The van der Waals surface area contributed by atoms with E-state index >= 15 is 0 Å². The molecule has 0 aromatic heterocycles. The van der Waals surface area contributed by atoms with E-state index in [1.54, 1.807) is 13.0 Å². The lowest BCUT2D eigenvalue weighted by molar-refractivity contribution is -0.116. The van der Waals surface area contributed by atoms with E-state index < -0.39 is 5.60 Å². The van der Waals surface area contributed by atoms with Crippen molar-refractivity contribution >= 4 is 29.2 Å². The predicted octanol–water partition coefficient (Wildman–Crippen LogP) is 1.62. The number of amides is 1. The quantitative estimate of drug-likeness (QED) is 0.345. The number of anilines is 1. The summed E-state index contributed by atoms with van der Waals surface area (Å²) in [6, 6.07) is 5.43. The number of aliphatic hydroxyl groups is 1. The number of hydrogen-bond donors (Lipinski definition) is 4. The van der Waals surface area contributed by atoms with Gasteiger partial charge in [-0.25, -0.2) is 0 Å². The number of β-amino-alcohol motifs (C(OH)–C–C–N with tert-alkyl or cyclic N) is 1. The molecule has 1 aromatic rings. The highest BCUT2D eigenvalue weighted by atomic mass is 35.5. The second kappa shape index (κ2) is 12.1. The number of halogens is 1. The minimum atomic E-state index is -0.943. The van der Waals surface area contributed by atoms with Crippen LogP contribution in [0.1, 0.15) is 25.8 Å². The number of carbonyl (C=O) groups excluding carboxylic acids is 1. The Morgan fingerprint density at radius 1 is 1.33 bits per heavy atom. The zero-order chi connectivity index (χ0) is 22.0. The van der Waals surface area contributed by atoms with Gasteiger partial charge in [-0.2, -0.15) is 0 Å². The number of guanidine groups is 1. The number of nitrogens with one attached hydrogen (secondary N) is 3. The van der Waals surface area contributed by atoms with Crippen LogP contribution in [-0.2, 0) is 9.53 Å². The van der Waals surface area contributed by atoms with Gasteiger partial charge in [-0.3, -0.25) is 14.7 Å². The number of nitrogens with zero attached hydrogens (tertiary/aromatic N) is 2. The number of rotatable bonds is 9. The van der Waals surface area contributed by atoms with Crippen LogP contribution in [0, 0.1) is 6.92 Å². The lowest BCUT2D eigenvalue weighted by Gasteiger charge is -2.33. The Hall–Kier alpha value is -1.87. The van der Waals surface area contributed by atoms with E-state index in [-0.39, 0.29) is 18.9 Å². The third kappa shape index (κ3) is 8.47.